The molecule has 2 rings (SSSR count). The molecule has 1 aromatic rings. The molecular formula is C13H20N4O2S3. The van der Waals surface area contributed by atoms with Gasteiger partial charge in [0.2, 0.25) is 5.91 Å². The Kier molecular flexibility index (Phi) is 6.97. The van der Waals surface area contributed by atoms with E-state index in [-0.39, 0.29) is 17.2 Å². The predicted octanol–water partition coefficient (Wildman–Crippen LogP) is 2.90. The highest BCUT2D eigenvalue weighted by Gasteiger charge is 2.21. The minimum absolute atomic E-state index is 0.191. The molecule has 0 radical (unpaired) electrons. The van der Waals surface area contributed by atoms with Gasteiger partial charge in [0.15, 0.2) is 8.68 Å². The van der Waals surface area contributed by atoms with E-state index in [2.05, 4.69) is 20.8 Å². The number of carbonyl (C=O) groups is 2. The predicted molar refractivity (Wildman–Crippen MR) is 90.6 cm³/mol. The van der Waals surface area contributed by atoms with Crippen molar-refractivity contribution < 1.29 is 9.59 Å². The zero-order valence-corrected chi connectivity index (χ0v) is 15.1. The largest absolute Gasteiger partial charge is 0.335 e. The van der Waals surface area contributed by atoms with E-state index in [1.807, 2.05) is 6.26 Å². The van der Waals surface area contributed by atoms with E-state index >= 15 is 0 Å². The first kappa shape index (κ1) is 17.6. The molecule has 22 heavy (non-hydrogen) atoms. The Balaban J connectivity index is 1.76. The van der Waals surface area contributed by atoms with Crippen LogP contribution in [0.1, 0.15) is 39.0 Å². The minimum Gasteiger partial charge on any atom is -0.335 e. The first-order valence-electron chi connectivity index (χ1n) is 7.24. The van der Waals surface area contributed by atoms with Crippen molar-refractivity contribution in [2.24, 2.45) is 0 Å². The summed E-state index contributed by atoms with van der Waals surface area (Å²) in [6.07, 6.45) is 7.43. The van der Waals surface area contributed by atoms with Crippen LogP contribution in [0, 0.1) is 0 Å². The van der Waals surface area contributed by atoms with Crippen molar-refractivity contribution in [2.45, 2.75) is 59.0 Å². The van der Waals surface area contributed by atoms with Gasteiger partial charge in [-0.3, -0.25) is 10.1 Å². The van der Waals surface area contributed by atoms with E-state index in [0.717, 1.165) is 34.4 Å². The summed E-state index contributed by atoms with van der Waals surface area (Å²) in [5.74, 6) is -0.306. The molecule has 1 aliphatic carbocycles. The summed E-state index contributed by atoms with van der Waals surface area (Å²) >= 11 is 4.29. The lowest BCUT2D eigenvalue weighted by atomic mass is 9.96. The van der Waals surface area contributed by atoms with Crippen molar-refractivity contribution >= 4 is 46.8 Å². The van der Waals surface area contributed by atoms with Crippen molar-refractivity contribution in [3.8, 4) is 0 Å². The molecule has 0 aromatic carbocycles. The lowest BCUT2D eigenvalue weighted by Crippen LogP contribution is -2.47. The fourth-order valence-corrected chi connectivity index (χ4v) is 4.80. The average Bonchev–Trinajstić information content (AvgIpc) is 2.95. The van der Waals surface area contributed by atoms with Gasteiger partial charge >= 0.3 is 6.03 Å². The summed E-state index contributed by atoms with van der Waals surface area (Å²) in [4.78, 5) is 23.9. The molecular weight excluding hydrogens is 340 g/mol. The van der Waals surface area contributed by atoms with E-state index in [1.54, 1.807) is 6.92 Å². The van der Waals surface area contributed by atoms with E-state index in [0.29, 0.717) is 0 Å². The molecule has 122 valence electrons. The van der Waals surface area contributed by atoms with E-state index in [1.165, 1.54) is 41.3 Å². The second kappa shape index (κ2) is 8.73. The third kappa shape index (κ3) is 5.44. The first-order valence-corrected chi connectivity index (χ1v) is 10.2. The molecule has 0 bridgehead atoms. The highest BCUT2D eigenvalue weighted by Crippen LogP contribution is 2.30. The van der Waals surface area contributed by atoms with Gasteiger partial charge in [0.1, 0.15) is 0 Å². The lowest BCUT2D eigenvalue weighted by Gasteiger charge is -2.22. The van der Waals surface area contributed by atoms with Crippen LogP contribution in [0.2, 0.25) is 0 Å². The van der Waals surface area contributed by atoms with Crippen molar-refractivity contribution in [3.63, 3.8) is 0 Å². The van der Waals surface area contributed by atoms with Gasteiger partial charge in [-0.25, -0.2) is 4.79 Å². The Morgan fingerprint density at radius 1 is 1.23 bits per heavy atom. The summed E-state index contributed by atoms with van der Waals surface area (Å²) in [5.41, 5.74) is 0. The van der Waals surface area contributed by atoms with Crippen molar-refractivity contribution in [3.05, 3.63) is 0 Å². The van der Waals surface area contributed by atoms with Crippen LogP contribution < -0.4 is 10.6 Å². The van der Waals surface area contributed by atoms with Crippen LogP contribution in [-0.4, -0.2) is 39.7 Å². The highest BCUT2D eigenvalue weighted by atomic mass is 32.2. The Labute approximate surface area is 142 Å². The highest BCUT2D eigenvalue weighted by molar-refractivity contribution is 8.03. The molecule has 1 saturated carbocycles. The molecule has 2 N–H and O–H groups in total. The molecule has 1 aromatic heterocycles. The SMILES string of the molecule is CSc1nnc(S[C@H](C)C(=O)NC(=O)NC2CCCCC2)s1. The van der Waals surface area contributed by atoms with Gasteiger partial charge in [-0.15, -0.1) is 10.2 Å². The number of nitrogens with zero attached hydrogens (tertiary/aromatic N) is 2. The molecule has 0 saturated heterocycles. The molecule has 0 spiro atoms. The Morgan fingerprint density at radius 2 is 1.91 bits per heavy atom. The Morgan fingerprint density at radius 3 is 2.55 bits per heavy atom. The van der Waals surface area contributed by atoms with Gasteiger partial charge in [0.25, 0.3) is 0 Å². The summed E-state index contributed by atoms with van der Waals surface area (Å²) in [5, 5.41) is 12.9. The molecule has 1 aliphatic rings. The summed E-state index contributed by atoms with van der Waals surface area (Å²) < 4.78 is 1.60. The topological polar surface area (TPSA) is 84.0 Å². The fourth-order valence-electron chi connectivity index (χ4n) is 2.21. The molecule has 3 amide bonds. The monoisotopic (exact) mass is 360 g/mol. The van der Waals surface area contributed by atoms with Crippen LogP contribution in [-0.2, 0) is 4.79 Å². The van der Waals surface area contributed by atoms with E-state index in [4.69, 9.17) is 0 Å². The van der Waals surface area contributed by atoms with Gasteiger partial charge in [-0.1, -0.05) is 54.1 Å². The minimum atomic E-state index is -0.397. The maximum absolute atomic E-state index is 12.0. The smallest absolute Gasteiger partial charge is 0.321 e. The summed E-state index contributed by atoms with van der Waals surface area (Å²) in [6.45, 7) is 1.76. The Hall–Kier alpha value is -0.800. The lowest BCUT2D eigenvalue weighted by molar-refractivity contribution is -0.119. The second-order valence-corrected chi connectivity index (χ2v) is 8.71. The molecule has 1 fully saturated rings. The summed E-state index contributed by atoms with van der Waals surface area (Å²) in [6, 6.07) is -0.205. The number of carbonyl (C=O) groups excluding carboxylic acids is 2. The van der Waals surface area contributed by atoms with Crippen LogP contribution in [0.5, 0.6) is 0 Å². The third-order valence-electron chi connectivity index (χ3n) is 3.39. The van der Waals surface area contributed by atoms with Crippen LogP contribution in [0.15, 0.2) is 8.68 Å². The van der Waals surface area contributed by atoms with Crippen LogP contribution in [0.25, 0.3) is 0 Å². The number of rotatable bonds is 5. The number of thioether (sulfide) groups is 2. The second-order valence-electron chi connectivity index (χ2n) is 5.10. The summed E-state index contributed by atoms with van der Waals surface area (Å²) in [7, 11) is 0. The normalized spacial score (nSPS) is 17.0. The van der Waals surface area contributed by atoms with Crippen molar-refractivity contribution in [1.82, 2.24) is 20.8 Å². The quantitative estimate of drug-likeness (QED) is 0.786. The Bertz CT molecular complexity index is 517. The number of nitrogens with one attached hydrogen (secondary N) is 2. The molecule has 6 nitrogen and oxygen atoms in total. The number of hydrogen-bond donors (Lipinski definition) is 2. The van der Waals surface area contributed by atoms with Gasteiger partial charge in [-0.2, -0.15) is 0 Å². The number of amides is 3. The van der Waals surface area contributed by atoms with Gasteiger partial charge in [0, 0.05) is 6.04 Å². The average molecular weight is 361 g/mol. The maximum Gasteiger partial charge on any atom is 0.321 e. The van der Waals surface area contributed by atoms with Crippen LogP contribution in [0.3, 0.4) is 0 Å². The first-order chi connectivity index (χ1) is 10.6. The third-order valence-corrected chi connectivity index (χ3v) is 6.47. The molecule has 0 aliphatic heterocycles. The molecule has 1 heterocycles. The fraction of sp³-hybridized carbons (Fsp3) is 0.692. The van der Waals surface area contributed by atoms with Crippen LogP contribution in [0.4, 0.5) is 4.79 Å². The molecule has 0 unspecified atom stereocenters. The standard InChI is InChI=1S/C13H20N4O2S3/c1-8(21-13-17-16-12(20-2)22-13)10(18)15-11(19)14-9-6-4-3-5-7-9/h8-9H,3-7H2,1-2H3,(H2,14,15,18,19)/t8-/m1/s1. The maximum atomic E-state index is 12.0. The molecule has 1 atom stereocenters. The van der Waals surface area contributed by atoms with E-state index in [9.17, 15) is 9.59 Å². The number of imide groups is 1. The van der Waals surface area contributed by atoms with E-state index < -0.39 is 6.03 Å². The van der Waals surface area contributed by atoms with Crippen molar-refractivity contribution in [2.75, 3.05) is 6.26 Å². The zero-order valence-electron chi connectivity index (χ0n) is 12.6. The van der Waals surface area contributed by atoms with Gasteiger partial charge in [-0.05, 0) is 26.0 Å². The number of aromatic nitrogens is 2. The van der Waals surface area contributed by atoms with Crippen molar-refractivity contribution in [1.29, 1.82) is 0 Å². The molecule has 9 heteroatoms. The van der Waals surface area contributed by atoms with Gasteiger partial charge in [0.05, 0.1) is 5.25 Å². The number of hydrogen-bond acceptors (Lipinski definition) is 7. The zero-order chi connectivity index (χ0) is 15.9. The number of urea groups is 1. The van der Waals surface area contributed by atoms with Crippen LogP contribution >= 0.6 is 34.9 Å². The van der Waals surface area contributed by atoms with Gasteiger partial charge < -0.3 is 5.32 Å².